The Morgan fingerprint density at radius 3 is 2.96 bits per heavy atom. The summed E-state index contributed by atoms with van der Waals surface area (Å²) in [5.74, 6) is 0.799. The number of carbonyl (C=O) groups is 1. The third-order valence-corrected chi connectivity index (χ3v) is 6.28. The largest absolute Gasteiger partial charge is 0.491 e. The van der Waals surface area contributed by atoms with E-state index in [9.17, 15) is 4.79 Å². The second-order valence-corrected chi connectivity index (χ2v) is 8.02. The number of likely N-dealkylation sites (N-methyl/N-ethyl adjacent to an activating group) is 1. The number of thiophene rings is 1. The molecule has 2 aliphatic heterocycles. The molecule has 0 saturated carbocycles. The van der Waals surface area contributed by atoms with Crippen LogP contribution in [-0.2, 0) is 0 Å². The highest BCUT2D eigenvalue weighted by atomic mass is 32.1. The van der Waals surface area contributed by atoms with Gasteiger partial charge in [-0.2, -0.15) is 0 Å². The van der Waals surface area contributed by atoms with Gasteiger partial charge < -0.3 is 14.5 Å². The van der Waals surface area contributed by atoms with Crippen LogP contribution >= 0.6 is 11.3 Å². The minimum Gasteiger partial charge on any atom is -0.491 e. The van der Waals surface area contributed by atoms with Crippen molar-refractivity contribution in [2.75, 3.05) is 33.3 Å². The van der Waals surface area contributed by atoms with Crippen molar-refractivity contribution in [2.24, 2.45) is 0 Å². The number of carbonyl (C=O) groups excluding carboxylic acids is 1. The van der Waals surface area contributed by atoms with Crippen molar-refractivity contribution < 1.29 is 9.53 Å². The number of benzene rings is 2. The van der Waals surface area contributed by atoms with Crippen LogP contribution in [0.25, 0.3) is 21.2 Å². The maximum atomic E-state index is 13.0. The molecular formula is C21H20N2O2S. The van der Waals surface area contributed by atoms with Crippen molar-refractivity contribution in [3.63, 3.8) is 0 Å². The number of fused-ring (bicyclic) bond motifs is 3. The summed E-state index contributed by atoms with van der Waals surface area (Å²) in [7, 11) is 2.10. The molecule has 4 nitrogen and oxygen atoms in total. The standard InChI is InChI=1S/C21H20N2O2S/c1-22-8-9-23-15(12-22)13-25-19-11-14(5-6-18(19)21(23)24)16-3-2-4-20-17(16)7-10-26-20/h2-7,10-11,15H,8-9,12-13H2,1H3. The molecule has 1 aromatic heterocycles. The second-order valence-electron chi connectivity index (χ2n) is 7.07. The molecule has 2 aliphatic rings. The molecule has 26 heavy (non-hydrogen) atoms. The van der Waals surface area contributed by atoms with Gasteiger partial charge in [0.2, 0.25) is 0 Å². The van der Waals surface area contributed by atoms with E-state index >= 15 is 0 Å². The van der Waals surface area contributed by atoms with E-state index in [1.165, 1.54) is 15.6 Å². The summed E-state index contributed by atoms with van der Waals surface area (Å²) in [5, 5.41) is 3.36. The van der Waals surface area contributed by atoms with Gasteiger partial charge in [-0.3, -0.25) is 4.79 Å². The SMILES string of the molecule is CN1CCN2C(=O)c3ccc(-c4cccc5sccc45)cc3OCC2C1. The van der Waals surface area contributed by atoms with E-state index in [0.717, 1.165) is 25.2 Å². The Hall–Kier alpha value is -2.37. The minimum atomic E-state index is 0.0934. The molecule has 3 aromatic rings. The lowest BCUT2D eigenvalue weighted by Gasteiger charge is -2.38. The third kappa shape index (κ3) is 2.50. The van der Waals surface area contributed by atoms with Gasteiger partial charge in [-0.05, 0) is 47.8 Å². The molecule has 1 fully saturated rings. The molecular weight excluding hydrogens is 344 g/mol. The normalized spacial score (nSPS) is 20.4. The van der Waals surface area contributed by atoms with Gasteiger partial charge in [-0.1, -0.05) is 18.2 Å². The number of piperazine rings is 1. The van der Waals surface area contributed by atoms with Crippen molar-refractivity contribution in [1.29, 1.82) is 0 Å². The fourth-order valence-corrected chi connectivity index (χ4v) is 4.81. The first kappa shape index (κ1) is 15.9. The van der Waals surface area contributed by atoms with Crippen LogP contribution in [-0.4, -0.2) is 55.0 Å². The third-order valence-electron chi connectivity index (χ3n) is 5.40. The maximum Gasteiger partial charge on any atom is 0.258 e. The van der Waals surface area contributed by atoms with Crippen LogP contribution in [0.4, 0.5) is 0 Å². The summed E-state index contributed by atoms with van der Waals surface area (Å²) in [6.07, 6.45) is 0. The molecule has 3 heterocycles. The van der Waals surface area contributed by atoms with E-state index in [-0.39, 0.29) is 11.9 Å². The maximum absolute atomic E-state index is 13.0. The number of hydrogen-bond acceptors (Lipinski definition) is 4. The number of amides is 1. The van der Waals surface area contributed by atoms with Crippen LogP contribution in [0.15, 0.2) is 47.8 Å². The average Bonchev–Trinajstić information content (AvgIpc) is 3.09. The van der Waals surface area contributed by atoms with Crippen molar-refractivity contribution in [2.45, 2.75) is 6.04 Å². The summed E-state index contributed by atoms with van der Waals surface area (Å²) in [5.41, 5.74) is 2.96. The van der Waals surface area contributed by atoms with Crippen LogP contribution in [0, 0.1) is 0 Å². The molecule has 1 amide bonds. The van der Waals surface area contributed by atoms with Gasteiger partial charge in [0.15, 0.2) is 0 Å². The summed E-state index contributed by atoms with van der Waals surface area (Å²) in [4.78, 5) is 17.3. The first-order valence-electron chi connectivity index (χ1n) is 8.94. The Balaban J connectivity index is 1.56. The number of ether oxygens (including phenoxy) is 1. The van der Waals surface area contributed by atoms with Gasteiger partial charge in [0.05, 0.1) is 11.6 Å². The molecule has 0 aliphatic carbocycles. The summed E-state index contributed by atoms with van der Waals surface area (Å²) < 4.78 is 7.38. The Kier molecular flexibility index (Phi) is 3.72. The van der Waals surface area contributed by atoms with Crippen LogP contribution < -0.4 is 4.74 Å². The summed E-state index contributed by atoms with van der Waals surface area (Å²) in [6, 6.07) is 14.6. The summed E-state index contributed by atoms with van der Waals surface area (Å²) >= 11 is 1.75. The monoisotopic (exact) mass is 364 g/mol. The van der Waals surface area contributed by atoms with Gasteiger partial charge in [0, 0.05) is 29.7 Å². The minimum absolute atomic E-state index is 0.0934. The fraction of sp³-hybridized carbons (Fsp3) is 0.286. The molecule has 0 radical (unpaired) electrons. The Morgan fingerprint density at radius 2 is 2.04 bits per heavy atom. The predicted molar refractivity (Wildman–Crippen MR) is 105 cm³/mol. The lowest BCUT2D eigenvalue weighted by molar-refractivity contribution is 0.0442. The Labute approximate surface area is 156 Å². The van der Waals surface area contributed by atoms with Crippen LogP contribution in [0.2, 0.25) is 0 Å². The van der Waals surface area contributed by atoms with E-state index in [1.807, 2.05) is 23.1 Å². The lowest BCUT2D eigenvalue weighted by Crippen LogP contribution is -2.55. The summed E-state index contributed by atoms with van der Waals surface area (Å²) in [6.45, 7) is 3.09. The van der Waals surface area contributed by atoms with Gasteiger partial charge in [-0.15, -0.1) is 11.3 Å². The zero-order valence-electron chi connectivity index (χ0n) is 14.6. The molecule has 5 heteroatoms. The van der Waals surface area contributed by atoms with Gasteiger partial charge in [0.25, 0.3) is 5.91 Å². The van der Waals surface area contributed by atoms with Crippen molar-refractivity contribution >= 4 is 27.3 Å². The first-order chi connectivity index (χ1) is 12.7. The van der Waals surface area contributed by atoms with Crippen LogP contribution in [0.1, 0.15) is 10.4 Å². The van der Waals surface area contributed by atoms with Gasteiger partial charge in [0.1, 0.15) is 12.4 Å². The van der Waals surface area contributed by atoms with Crippen LogP contribution in [0.5, 0.6) is 5.75 Å². The molecule has 1 unspecified atom stereocenters. The van der Waals surface area contributed by atoms with E-state index < -0.39 is 0 Å². The van der Waals surface area contributed by atoms with E-state index in [4.69, 9.17) is 4.74 Å². The van der Waals surface area contributed by atoms with Crippen molar-refractivity contribution in [1.82, 2.24) is 9.80 Å². The lowest BCUT2D eigenvalue weighted by atomic mass is 9.99. The fourth-order valence-electron chi connectivity index (χ4n) is 3.99. The molecule has 0 bridgehead atoms. The topological polar surface area (TPSA) is 32.8 Å². The zero-order chi connectivity index (χ0) is 17.7. The average molecular weight is 364 g/mol. The molecule has 1 saturated heterocycles. The highest BCUT2D eigenvalue weighted by molar-refractivity contribution is 7.17. The molecule has 5 rings (SSSR count). The van der Waals surface area contributed by atoms with Gasteiger partial charge in [-0.25, -0.2) is 0 Å². The van der Waals surface area contributed by atoms with Crippen molar-refractivity contribution in [3.8, 4) is 16.9 Å². The van der Waals surface area contributed by atoms with E-state index in [2.05, 4.69) is 41.6 Å². The Bertz CT molecular complexity index is 997. The molecule has 1 atom stereocenters. The van der Waals surface area contributed by atoms with Crippen molar-refractivity contribution in [3.05, 3.63) is 53.4 Å². The quantitative estimate of drug-likeness (QED) is 0.660. The molecule has 0 N–H and O–H groups in total. The first-order valence-corrected chi connectivity index (χ1v) is 9.81. The molecule has 0 spiro atoms. The second kappa shape index (κ2) is 6.11. The highest BCUT2D eigenvalue weighted by Gasteiger charge is 2.34. The highest BCUT2D eigenvalue weighted by Crippen LogP contribution is 2.36. The van der Waals surface area contributed by atoms with Crippen LogP contribution in [0.3, 0.4) is 0 Å². The van der Waals surface area contributed by atoms with E-state index in [1.54, 1.807) is 11.3 Å². The number of nitrogens with zero attached hydrogens (tertiary/aromatic N) is 2. The zero-order valence-corrected chi connectivity index (χ0v) is 15.5. The number of hydrogen-bond donors (Lipinski definition) is 0. The molecule has 132 valence electrons. The van der Waals surface area contributed by atoms with E-state index in [0.29, 0.717) is 17.9 Å². The smallest absolute Gasteiger partial charge is 0.258 e. The predicted octanol–water partition coefficient (Wildman–Crippen LogP) is 3.72. The molecule has 2 aromatic carbocycles. The Morgan fingerprint density at radius 1 is 1.12 bits per heavy atom. The van der Waals surface area contributed by atoms with Gasteiger partial charge >= 0.3 is 0 Å². The number of rotatable bonds is 1.